The molecule has 1 fully saturated rings. The van der Waals surface area contributed by atoms with E-state index in [-0.39, 0.29) is 25.5 Å². The molecule has 1 amide bonds. The van der Waals surface area contributed by atoms with E-state index in [0.29, 0.717) is 17.0 Å². The summed E-state index contributed by atoms with van der Waals surface area (Å²) in [6.45, 7) is 1.85. The van der Waals surface area contributed by atoms with Gasteiger partial charge in [-0.25, -0.2) is 18.4 Å². The number of nitro groups is 1. The Kier molecular flexibility index (Phi) is 6.44. The number of hydrogen-bond donors (Lipinski definition) is 0. The summed E-state index contributed by atoms with van der Waals surface area (Å²) >= 11 is 0.646. The zero-order chi connectivity index (χ0) is 28.1. The van der Waals surface area contributed by atoms with Gasteiger partial charge in [0, 0.05) is 24.7 Å². The third-order valence-electron chi connectivity index (χ3n) is 6.38. The average Bonchev–Trinajstić information content (AvgIpc) is 3.63. The van der Waals surface area contributed by atoms with Gasteiger partial charge in [0.1, 0.15) is 10.1 Å². The highest BCUT2D eigenvalue weighted by Crippen LogP contribution is 2.43. The second-order valence-corrected chi connectivity index (χ2v) is 12.0. The van der Waals surface area contributed by atoms with E-state index in [1.165, 1.54) is 12.5 Å². The van der Waals surface area contributed by atoms with Crippen LogP contribution in [0.2, 0.25) is 0 Å². The number of imidazole rings is 1. The first-order chi connectivity index (χ1) is 18.5. The molecule has 1 aliphatic rings. The zero-order valence-electron chi connectivity index (χ0n) is 20.4. The molecule has 2 aromatic heterocycles. The SMILES string of the molecule is Cc1ccc(C(=O)C2C(=O)C(=O)N(c3ncc(S(=O)(=O)c4ccc([N+](=O)[O-])cc4)s3)C2c2cncn2C)cc1. The predicted molar refractivity (Wildman–Crippen MR) is 138 cm³/mol. The van der Waals surface area contributed by atoms with Crippen molar-refractivity contribution in [3.05, 3.63) is 94.2 Å². The monoisotopic (exact) mass is 565 g/mol. The van der Waals surface area contributed by atoms with Gasteiger partial charge in [-0.15, -0.1) is 0 Å². The molecule has 0 radical (unpaired) electrons. The van der Waals surface area contributed by atoms with E-state index in [0.717, 1.165) is 40.9 Å². The number of benzene rings is 2. The van der Waals surface area contributed by atoms with Crippen LogP contribution in [0, 0.1) is 23.0 Å². The van der Waals surface area contributed by atoms with Gasteiger partial charge < -0.3 is 4.57 Å². The van der Waals surface area contributed by atoms with Gasteiger partial charge in [0.2, 0.25) is 15.6 Å². The lowest BCUT2D eigenvalue weighted by molar-refractivity contribution is -0.384. The summed E-state index contributed by atoms with van der Waals surface area (Å²) < 4.78 is 27.7. The first-order valence-electron chi connectivity index (χ1n) is 11.4. The van der Waals surface area contributed by atoms with E-state index in [4.69, 9.17) is 0 Å². The number of amides is 1. The molecular formula is C25H19N5O7S2. The average molecular weight is 566 g/mol. The fourth-order valence-corrected chi connectivity index (χ4v) is 6.90. The molecule has 39 heavy (non-hydrogen) atoms. The summed E-state index contributed by atoms with van der Waals surface area (Å²) in [5, 5.41) is 10.8. The second-order valence-electron chi connectivity index (χ2n) is 8.84. The molecule has 1 saturated heterocycles. The summed E-state index contributed by atoms with van der Waals surface area (Å²) in [5.74, 6) is -3.91. The zero-order valence-corrected chi connectivity index (χ0v) is 22.0. The van der Waals surface area contributed by atoms with Crippen molar-refractivity contribution in [3.8, 4) is 0 Å². The summed E-state index contributed by atoms with van der Waals surface area (Å²) in [5.41, 5.74) is 1.27. The van der Waals surface area contributed by atoms with Gasteiger partial charge in [0.15, 0.2) is 10.9 Å². The van der Waals surface area contributed by atoms with Gasteiger partial charge in [-0.2, -0.15) is 0 Å². The Balaban J connectivity index is 1.57. The molecule has 0 N–H and O–H groups in total. The molecule has 12 nitrogen and oxygen atoms in total. The number of non-ortho nitro benzene ring substituents is 1. The summed E-state index contributed by atoms with van der Waals surface area (Å²) in [7, 11) is -2.51. The third-order valence-corrected chi connectivity index (χ3v) is 9.61. The van der Waals surface area contributed by atoms with Crippen LogP contribution in [0.3, 0.4) is 0 Å². The third kappa shape index (κ3) is 4.42. The number of carbonyl (C=O) groups is 3. The Bertz CT molecular complexity index is 1740. The van der Waals surface area contributed by atoms with Gasteiger partial charge in [-0.1, -0.05) is 41.2 Å². The van der Waals surface area contributed by atoms with Gasteiger partial charge in [-0.3, -0.25) is 29.4 Å². The van der Waals surface area contributed by atoms with Crippen molar-refractivity contribution >= 4 is 49.5 Å². The molecule has 2 atom stereocenters. The quantitative estimate of drug-likeness (QED) is 0.108. The summed E-state index contributed by atoms with van der Waals surface area (Å²) in [6.07, 6.45) is 3.94. The topological polar surface area (TPSA) is 162 Å². The number of carbonyl (C=O) groups excluding carboxylic acids is 3. The van der Waals surface area contributed by atoms with E-state index >= 15 is 0 Å². The van der Waals surface area contributed by atoms with Crippen molar-refractivity contribution in [1.82, 2.24) is 14.5 Å². The van der Waals surface area contributed by atoms with Gasteiger partial charge in [-0.05, 0) is 19.1 Å². The normalized spacial score (nSPS) is 17.5. The predicted octanol–water partition coefficient (Wildman–Crippen LogP) is 3.08. The minimum absolute atomic E-state index is 0.0979. The molecule has 5 rings (SSSR count). The number of Topliss-reactive ketones (excluding diaryl/α,β-unsaturated/α-hetero) is 2. The molecule has 0 bridgehead atoms. The molecule has 198 valence electrons. The number of nitrogens with zero attached hydrogens (tertiary/aromatic N) is 5. The van der Waals surface area contributed by atoms with Crippen LogP contribution in [0.25, 0.3) is 0 Å². The van der Waals surface area contributed by atoms with Crippen molar-refractivity contribution in [2.45, 2.75) is 22.1 Å². The number of sulfone groups is 1. The maximum Gasteiger partial charge on any atom is 0.297 e. The molecule has 0 spiro atoms. The number of aryl methyl sites for hydroxylation is 2. The maximum atomic E-state index is 13.5. The van der Waals surface area contributed by atoms with Crippen LogP contribution in [-0.2, 0) is 26.5 Å². The van der Waals surface area contributed by atoms with E-state index in [1.807, 2.05) is 6.92 Å². The Hall–Kier alpha value is -4.56. The summed E-state index contributed by atoms with van der Waals surface area (Å²) in [4.78, 5) is 59.4. The van der Waals surface area contributed by atoms with E-state index in [2.05, 4.69) is 9.97 Å². The number of thiazole rings is 1. The molecule has 0 saturated carbocycles. The summed E-state index contributed by atoms with van der Waals surface area (Å²) in [6, 6.07) is 9.83. The minimum atomic E-state index is -4.15. The largest absolute Gasteiger partial charge is 0.336 e. The Morgan fingerprint density at radius 2 is 1.72 bits per heavy atom. The number of hydrogen-bond acceptors (Lipinski definition) is 10. The lowest BCUT2D eigenvalue weighted by atomic mass is 9.88. The molecule has 14 heteroatoms. The molecule has 2 unspecified atom stereocenters. The number of rotatable bonds is 7. The van der Waals surface area contributed by atoms with Crippen molar-refractivity contribution in [2.75, 3.05) is 4.90 Å². The maximum absolute atomic E-state index is 13.5. The van der Waals surface area contributed by atoms with Crippen molar-refractivity contribution in [2.24, 2.45) is 13.0 Å². The first kappa shape index (κ1) is 26.1. The van der Waals surface area contributed by atoms with Gasteiger partial charge in [0.25, 0.3) is 11.6 Å². The van der Waals surface area contributed by atoms with Crippen molar-refractivity contribution in [3.63, 3.8) is 0 Å². The highest BCUT2D eigenvalue weighted by Gasteiger charge is 2.54. The number of ketones is 2. The van der Waals surface area contributed by atoms with Crippen molar-refractivity contribution in [1.29, 1.82) is 0 Å². The minimum Gasteiger partial charge on any atom is -0.336 e. The van der Waals surface area contributed by atoms with Gasteiger partial charge >= 0.3 is 0 Å². The fourth-order valence-electron chi connectivity index (χ4n) is 4.34. The Morgan fingerprint density at radius 1 is 1.05 bits per heavy atom. The van der Waals surface area contributed by atoms with Crippen LogP contribution in [0.15, 0.2) is 76.4 Å². The molecule has 2 aromatic carbocycles. The Morgan fingerprint density at radius 3 is 2.31 bits per heavy atom. The molecular weight excluding hydrogens is 546 g/mol. The lowest BCUT2D eigenvalue weighted by Crippen LogP contribution is -2.31. The molecule has 3 heterocycles. The Labute approximate surface area is 225 Å². The van der Waals surface area contributed by atoms with Crippen molar-refractivity contribution < 1.29 is 27.7 Å². The molecule has 1 aliphatic heterocycles. The van der Waals surface area contributed by atoms with Crippen LogP contribution in [-0.4, -0.2) is 45.3 Å². The number of aromatic nitrogens is 3. The van der Waals surface area contributed by atoms with Crippen LogP contribution >= 0.6 is 11.3 Å². The number of anilines is 1. The van der Waals surface area contributed by atoms with E-state index < -0.39 is 44.2 Å². The first-order valence-corrected chi connectivity index (χ1v) is 13.7. The van der Waals surface area contributed by atoms with Crippen LogP contribution in [0.5, 0.6) is 0 Å². The van der Waals surface area contributed by atoms with Crippen LogP contribution < -0.4 is 4.90 Å². The van der Waals surface area contributed by atoms with Crippen LogP contribution in [0.1, 0.15) is 27.7 Å². The highest BCUT2D eigenvalue weighted by atomic mass is 32.2. The smallest absolute Gasteiger partial charge is 0.297 e. The standard InChI is InChI=1S/C25H19N5O7S2/c1-14-3-5-15(6-4-14)22(31)20-21(18-11-26-13-28(18)2)29(24(33)23(20)32)25-27-12-19(38-25)39(36,37)17-9-7-16(8-10-17)30(34)35/h3-13,20-21H,1-2H3. The fraction of sp³-hybridized carbons (Fsp3) is 0.160. The highest BCUT2D eigenvalue weighted by molar-refractivity contribution is 7.93. The van der Waals surface area contributed by atoms with Crippen LogP contribution in [0.4, 0.5) is 10.8 Å². The number of nitro benzene ring substituents is 1. The molecule has 4 aromatic rings. The van der Waals surface area contributed by atoms with Gasteiger partial charge in [0.05, 0.1) is 40.3 Å². The molecule has 0 aliphatic carbocycles. The second kappa shape index (κ2) is 9.63. The van der Waals surface area contributed by atoms with E-state index in [1.54, 1.807) is 35.9 Å². The van der Waals surface area contributed by atoms with E-state index in [9.17, 15) is 32.9 Å². The lowest BCUT2D eigenvalue weighted by Gasteiger charge is -2.24.